The number of hydrogen-bond donors (Lipinski definition) is 1. The normalized spacial score (nSPS) is 15.0. The minimum Gasteiger partial charge on any atom is -0.452 e. The Balaban J connectivity index is 1.87. The zero-order chi connectivity index (χ0) is 15.9. The maximum absolute atomic E-state index is 12.5. The van der Waals surface area contributed by atoms with Gasteiger partial charge in [0.25, 0.3) is 11.7 Å². The summed E-state index contributed by atoms with van der Waals surface area (Å²) >= 11 is 0.279. The molecule has 0 bridgehead atoms. The third-order valence-electron chi connectivity index (χ3n) is 3.38. The molecule has 1 N–H and O–H groups in total. The molecule has 0 spiro atoms. The number of halogens is 2. The van der Waals surface area contributed by atoms with E-state index < -0.39 is 18.3 Å². The Kier molecular flexibility index (Phi) is 6.18. The first-order chi connectivity index (χ1) is 10.6. The van der Waals surface area contributed by atoms with Crippen LogP contribution in [0.2, 0.25) is 0 Å². The second-order valence-electron chi connectivity index (χ2n) is 5.00. The van der Waals surface area contributed by atoms with Crippen LogP contribution in [0, 0.1) is 0 Å². The first kappa shape index (κ1) is 16.7. The standard InChI is InChI=1S/C15H17F2NO3S/c16-15(17)22-12-8-4-3-7-11(12)14(20)21-9-13(19)18-10-5-1-2-6-10/h3-4,7-8,10,15H,1-2,5-6,9H2,(H,18,19). The molecular formula is C15H17F2NO3S. The molecule has 0 aromatic heterocycles. The molecule has 1 amide bonds. The van der Waals surface area contributed by atoms with Crippen molar-refractivity contribution in [3.8, 4) is 0 Å². The highest BCUT2D eigenvalue weighted by Crippen LogP contribution is 2.28. The SMILES string of the molecule is O=C(COC(=O)c1ccccc1SC(F)F)NC1CCCC1. The van der Waals surface area contributed by atoms with Crippen LogP contribution in [0.4, 0.5) is 8.78 Å². The summed E-state index contributed by atoms with van der Waals surface area (Å²) in [6.07, 6.45) is 4.05. The minimum atomic E-state index is -2.63. The van der Waals surface area contributed by atoms with E-state index in [0.717, 1.165) is 25.7 Å². The second-order valence-corrected chi connectivity index (χ2v) is 6.03. The molecule has 22 heavy (non-hydrogen) atoms. The number of ether oxygens (including phenoxy) is 1. The monoisotopic (exact) mass is 329 g/mol. The first-order valence-electron chi connectivity index (χ1n) is 7.06. The van der Waals surface area contributed by atoms with E-state index in [-0.39, 0.29) is 34.2 Å². The van der Waals surface area contributed by atoms with Crippen molar-refractivity contribution in [2.75, 3.05) is 6.61 Å². The molecule has 2 rings (SSSR count). The van der Waals surface area contributed by atoms with E-state index in [1.807, 2.05) is 0 Å². The number of rotatable bonds is 6. The topological polar surface area (TPSA) is 55.4 Å². The Morgan fingerprint density at radius 2 is 1.95 bits per heavy atom. The van der Waals surface area contributed by atoms with Crippen LogP contribution in [0.25, 0.3) is 0 Å². The van der Waals surface area contributed by atoms with E-state index >= 15 is 0 Å². The van der Waals surface area contributed by atoms with Crippen molar-refractivity contribution < 1.29 is 23.1 Å². The first-order valence-corrected chi connectivity index (χ1v) is 7.94. The molecule has 1 saturated carbocycles. The van der Waals surface area contributed by atoms with Gasteiger partial charge in [-0.15, -0.1) is 0 Å². The number of amides is 1. The number of carbonyl (C=O) groups excluding carboxylic acids is 2. The van der Waals surface area contributed by atoms with E-state index in [9.17, 15) is 18.4 Å². The van der Waals surface area contributed by atoms with Gasteiger partial charge in [-0.1, -0.05) is 36.7 Å². The van der Waals surface area contributed by atoms with Crippen molar-refractivity contribution in [2.45, 2.75) is 42.4 Å². The van der Waals surface area contributed by atoms with Gasteiger partial charge < -0.3 is 10.1 Å². The Morgan fingerprint density at radius 3 is 2.64 bits per heavy atom. The second kappa shape index (κ2) is 8.12. The Bertz CT molecular complexity index is 533. The number of hydrogen-bond acceptors (Lipinski definition) is 4. The summed E-state index contributed by atoms with van der Waals surface area (Å²) in [5.74, 6) is -3.76. The van der Waals surface area contributed by atoms with E-state index in [2.05, 4.69) is 5.32 Å². The lowest BCUT2D eigenvalue weighted by molar-refractivity contribution is -0.124. The molecule has 120 valence electrons. The molecule has 1 aliphatic carbocycles. The average molecular weight is 329 g/mol. The highest BCUT2D eigenvalue weighted by molar-refractivity contribution is 7.99. The summed E-state index contributed by atoms with van der Waals surface area (Å²) in [7, 11) is 0. The lowest BCUT2D eigenvalue weighted by Crippen LogP contribution is -2.35. The number of alkyl halides is 2. The van der Waals surface area contributed by atoms with Crippen LogP contribution >= 0.6 is 11.8 Å². The van der Waals surface area contributed by atoms with Crippen molar-refractivity contribution >= 4 is 23.6 Å². The number of thioether (sulfide) groups is 1. The molecule has 0 heterocycles. The minimum absolute atomic E-state index is 0.0430. The van der Waals surface area contributed by atoms with Crippen LogP contribution in [0.15, 0.2) is 29.2 Å². The van der Waals surface area contributed by atoms with Gasteiger partial charge in [0.05, 0.1) is 5.56 Å². The number of carbonyl (C=O) groups is 2. The molecule has 1 aromatic rings. The lowest BCUT2D eigenvalue weighted by Gasteiger charge is -2.12. The van der Waals surface area contributed by atoms with Crippen molar-refractivity contribution in [1.82, 2.24) is 5.32 Å². The van der Waals surface area contributed by atoms with Gasteiger partial charge in [0, 0.05) is 10.9 Å². The fourth-order valence-electron chi connectivity index (χ4n) is 2.38. The predicted molar refractivity (Wildman–Crippen MR) is 79.0 cm³/mol. The van der Waals surface area contributed by atoms with Gasteiger partial charge in [-0.05, 0) is 25.0 Å². The molecule has 4 nitrogen and oxygen atoms in total. The fraction of sp³-hybridized carbons (Fsp3) is 0.467. The molecule has 0 atom stereocenters. The molecule has 1 aromatic carbocycles. The maximum Gasteiger partial charge on any atom is 0.339 e. The summed E-state index contributed by atoms with van der Waals surface area (Å²) in [5, 5.41) is 2.79. The zero-order valence-corrected chi connectivity index (χ0v) is 12.7. The molecule has 0 saturated heterocycles. The maximum atomic E-state index is 12.5. The van der Waals surface area contributed by atoms with Gasteiger partial charge in [-0.3, -0.25) is 4.79 Å². The Hall–Kier alpha value is -1.63. The Morgan fingerprint density at radius 1 is 1.27 bits per heavy atom. The van der Waals surface area contributed by atoms with Gasteiger partial charge in [0.15, 0.2) is 6.61 Å². The lowest BCUT2D eigenvalue weighted by atomic mass is 10.2. The van der Waals surface area contributed by atoms with Crippen molar-refractivity contribution in [1.29, 1.82) is 0 Å². The highest BCUT2D eigenvalue weighted by Gasteiger charge is 2.20. The third kappa shape index (κ3) is 4.98. The third-order valence-corrected chi connectivity index (χ3v) is 4.17. The molecule has 1 fully saturated rings. The summed E-state index contributed by atoms with van der Waals surface area (Å²) in [4.78, 5) is 23.7. The van der Waals surface area contributed by atoms with Crippen molar-refractivity contribution in [2.24, 2.45) is 0 Å². The molecule has 0 unspecified atom stereocenters. The van der Waals surface area contributed by atoms with Gasteiger partial charge >= 0.3 is 5.97 Å². The summed E-state index contributed by atoms with van der Waals surface area (Å²) in [6, 6.07) is 6.10. The van der Waals surface area contributed by atoms with Gasteiger partial charge in [-0.2, -0.15) is 8.78 Å². The molecule has 1 aliphatic rings. The molecule has 0 radical (unpaired) electrons. The fourth-order valence-corrected chi connectivity index (χ4v) is 3.01. The van der Waals surface area contributed by atoms with Crippen LogP contribution < -0.4 is 5.32 Å². The summed E-state index contributed by atoms with van der Waals surface area (Å²) < 4.78 is 29.8. The number of esters is 1. The van der Waals surface area contributed by atoms with Crippen LogP contribution in [-0.4, -0.2) is 30.3 Å². The Labute approximate surface area is 131 Å². The van der Waals surface area contributed by atoms with Crippen molar-refractivity contribution in [3.63, 3.8) is 0 Å². The quantitative estimate of drug-likeness (QED) is 0.643. The summed E-state index contributed by atoms with van der Waals surface area (Å²) in [6.45, 7) is -0.400. The average Bonchev–Trinajstić information content (AvgIpc) is 2.97. The van der Waals surface area contributed by atoms with Crippen LogP contribution in [0.3, 0.4) is 0 Å². The van der Waals surface area contributed by atoms with Gasteiger partial charge in [-0.25, -0.2) is 4.79 Å². The molecule has 0 aliphatic heterocycles. The van der Waals surface area contributed by atoms with E-state index in [4.69, 9.17) is 4.74 Å². The predicted octanol–water partition coefficient (Wildman–Crippen LogP) is 3.22. The van der Waals surface area contributed by atoms with E-state index in [0.29, 0.717) is 0 Å². The number of nitrogens with one attached hydrogen (secondary N) is 1. The van der Waals surface area contributed by atoms with Gasteiger partial charge in [0.1, 0.15) is 0 Å². The van der Waals surface area contributed by atoms with E-state index in [1.54, 1.807) is 12.1 Å². The van der Waals surface area contributed by atoms with E-state index in [1.165, 1.54) is 12.1 Å². The van der Waals surface area contributed by atoms with Crippen molar-refractivity contribution in [3.05, 3.63) is 29.8 Å². The smallest absolute Gasteiger partial charge is 0.339 e. The molecule has 7 heteroatoms. The number of benzene rings is 1. The van der Waals surface area contributed by atoms with Crippen LogP contribution in [0.1, 0.15) is 36.0 Å². The summed E-state index contributed by atoms with van der Waals surface area (Å²) in [5.41, 5.74) is 0.0430. The van der Waals surface area contributed by atoms with Crippen LogP contribution in [-0.2, 0) is 9.53 Å². The van der Waals surface area contributed by atoms with Gasteiger partial charge in [0.2, 0.25) is 0 Å². The molecular weight excluding hydrogens is 312 g/mol. The zero-order valence-electron chi connectivity index (χ0n) is 11.9. The largest absolute Gasteiger partial charge is 0.452 e. The highest BCUT2D eigenvalue weighted by atomic mass is 32.2. The van der Waals surface area contributed by atoms with Crippen LogP contribution in [0.5, 0.6) is 0 Å².